The van der Waals surface area contributed by atoms with E-state index in [1.807, 2.05) is 21.1 Å². The van der Waals surface area contributed by atoms with Crippen molar-refractivity contribution in [3.8, 4) is 0 Å². The third kappa shape index (κ3) is 40.9. The zero-order chi connectivity index (χ0) is 40.9. The molecule has 0 aromatic heterocycles. The molecule has 11 heteroatoms. The lowest BCUT2D eigenvalue weighted by atomic mass is 10.0. The second kappa shape index (κ2) is 37.3. The average molecular weight is 807 g/mol. The molecule has 0 bridgehead atoms. The van der Waals surface area contributed by atoms with E-state index in [1.54, 1.807) is 0 Å². The second-order valence-corrected chi connectivity index (χ2v) is 18.4. The number of hydrogen-bond donors (Lipinski definition) is 2. The Morgan fingerprint density at radius 2 is 0.927 bits per heavy atom. The predicted octanol–water partition coefficient (Wildman–Crippen LogP) is 11.8. The molecule has 3 unspecified atom stereocenters. The van der Waals surface area contributed by atoms with E-state index < -0.39 is 26.5 Å². The summed E-state index contributed by atoms with van der Waals surface area (Å²) >= 11 is 0. The lowest BCUT2D eigenvalue weighted by Crippen LogP contribution is -2.37. The van der Waals surface area contributed by atoms with Crippen LogP contribution in [0.5, 0.6) is 0 Å². The van der Waals surface area contributed by atoms with Crippen molar-refractivity contribution in [2.45, 2.75) is 225 Å². The van der Waals surface area contributed by atoms with Gasteiger partial charge in [-0.3, -0.25) is 18.6 Å². The summed E-state index contributed by atoms with van der Waals surface area (Å²) in [6.45, 7) is 4.35. The van der Waals surface area contributed by atoms with Crippen LogP contribution >= 0.6 is 7.82 Å². The number of phosphoric ester groups is 1. The Morgan fingerprint density at radius 3 is 1.36 bits per heavy atom. The predicted molar refractivity (Wildman–Crippen MR) is 226 cm³/mol. The molecular weight excluding hydrogens is 717 g/mol. The monoisotopic (exact) mass is 807 g/mol. The van der Waals surface area contributed by atoms with Gasteiger partial charge in [-0.2, -0.15) is 0 Å². The van der Waals surface area contributed by atoms with Crippen molar-refractivity contribution in [3.05, 3.63) is 0 Å². The molecule has 0 spiro atoms. The Morgan fingerprint density at radius 1 is 0.545 bits per heavy atom. The average Bonchev–Trinajstić information content (AvgIpc) is 3.13. The second-order valence-electron chi connectivity index (χ2n) is 17.0. The number of rotatable bonds is 42. The Labute approximate surface area is 338 Å². The summed E-state index contributed by atoms with van der Waals surface area (Å²) in [7, 11) is 1.46. The van der Waals surface area contributed by atoms with Gasteiger partial charge >= 0.3 is 19.8 Å². The van der Waals surface area contributed by atoms with Gasteiger partial charge in [-0.25, -0.2) is 4.57 Å². The van der Waals surface area contributed by atoms with Gasteiger partial charge in [0, 0.05) is 12.8 Å². The minimum Gasteiger partial charge on any atom is -0.462 e. The van der Waals surface area contributed by atoms with E-state index in [4.69, 9.17) is 18.5 Å². The quantitative estimate of drug-likeness (QED) is 0.0268. The Balaban J connectivity index is 4.33. The van der Waals surface area contributed by atoms with Gasteiger partial charge in [0.05, 0.1) is 33.9 Å². The highest BCUT2D eigenvalue weighted by molar-refractivity contribution is 7.47. The number of hydrogen-bond acceptors (Lipinski definition) is 8. The number of likely N-dealkylation sites (N-methyl/N-ethyl adjacent to an activating group) is 1. The fraction of sp³-hybridized carbons (Fsp3) is 0.955. The number of ether oxygens (including phenoxy) is 2. The number of phosphoric acid groups is 1. The van der Waals surface area contributed by atoms with Crippen LogP contribution in [0.3, 0.4) is 0 Å². The van der Waals surface area contributed by atoms with Crippen molar-refractivity contribution in [2.24, 2.45) is 0 Å². The van der Waals surface area contributed by atoms with E-state index in [1.165, 1.54) is 96.3 Å². The molecule has 0 heterocycles. The van der Waals surface area contributed by atoms with Crippen molar-refractivity contribution in [3.63, 3.8) is 0 Å². The molecule has 0 amide bonds. The van der Waals surface area contributed by atoms with E-state index in [0.717, 1.165) is 83.5 Å². The molecule has 10 nitrogen and oxygen atoms in total. The van der Waals surface area contributed by atoms with Crippen LogP contribution < -0.4 is 0 Å². The molecule has 0 aromatic rings. The lowest BCUT2D eigenvalue weighted by Gasteiger charge is -2.24. The number of unbranched alkanes of at least 4 members (excludes halogenated alkanes) is 24. The molecule has 0 aromatic carbocycles. The van der Waals surface area contributed by atoms with Gasteiger partial charge in [-0.05, 0) is 25.7 Å². The van der Waals surface area contributed by atoms with Crippen molar-refractivity contribution < 1.29 is 47.2 Å². The van der Waals surface area contributed by atoms with E-state index in [9.17, 15) is 24.2 Å². The van der Waals surface area contributed by atoms with Crippen molar-refractivity contribution in [2.75, 3.05) is 47.5 Å². The highest BCUT2D eigenvalue weighted by Crippen LogP contribution is 2.43. The van der Waals surface area contributed by atoms with Crippen molar-refractivity contribution in [1.82, 2.24) is 0 Å². The molecule has 0 saturated heterocycles. The van der Waals surface area contributed by atoms with Crippen LogP contribution in [0.25, 0.3) is 0 Å². The summed E-state index contributed by atoms with van der Waals surface area (Å²) in [6.07, 6.45) is 33.0. The van der Waals surface area contributed by atoms with E-state index in [0.29, 0.717) is 17.4 Å². The smallest absolute Gasteiger partial charge is 0.462 e. The third-order valence-electron chi connectivity index (χ3n) is 10.2. The number of aliphatic hydroxyl groups excluding tert-OH is 1. The molecule has 55 heavy (non-hydrogen) atoms. The standard InChI is InChI=1S/C44H88NO9P/c1-6-8-10-12-13-14-15-16-17-18-19-20-24-27-31-35-43(47)51-39-42(40-53-55(49,50)52-38-37-45(3,4)5)54-44(48)36-32-28-25-22-21-23-26-30-34-41(46)33-29-11-9-7-2/h41-42,46H,6-40H2,1-5H3/p+1. The first-order valence-electron chi connectivity index (χ1n) is 22.8. The normalized spacial score (nSPS) is 14.1. The molecule has 3 atom stereocenters. The largest absolute Gasteiger partial charge is 0.472 e. The number of aliphatic hydroxyl groups is 1. The topological polar surface area (TPSA) is 129 Å². The number of nitrogens with zero attached hydrogens (tertiary/aromatic N) is 1. The molecular formula is C44H89NO9P+. The first-order chi connectivity index (χ1) is 26.4. The Kier molecular flexibility index (Phi) is 36.6. The summed E-state index contributed by atoms with van der Waals surface area (Å²) in [6, 6.07) is 0. The van der Waals surface area contributed by atoms with Gasteiger partial charge in [-0.1, -0.05) is 174 Å². The lowest BCUT2D eigenvalue weighted by molar-refractivity contribution is -0.870. The van der Waals surface area contributed by atoms with Gasteiger partial charge in [0.15, 0.2) is 6.10 Å². The highest BCUT2D eigenvalue weighted by atomic mass is 31.2. The molecule has 0 fully saturated rings. The first kappa shape index (κ1) is 54.0. The van der Waals surface area contributed by atoms with Gasteiger partial charge in [0.2, 0.25) is 0 Å². The van der Waals surface area contributed by atoms with E-state index in [-0.39, 0.29) is 38.1 Å². The number of esters is 2. The summed E-state index contributed by atoms with van der Waals surface area (Å²) in [4.78, 5) is 35.4. The van der Waals surface area contributed by atoms with Gasteiger partial charge in [-0.15, -0.1) is 0 Å². The Hall–Kier alpha value is -1.03. The van der Waals surface area contributed by atoms with Crippen LogP contribution in [0.15, 0.2) is 0 Å². The first-order valence-corrected chi connectivity index (χ1v) is 24.3. The molecule has 0 aliphatic heterocycles. The van der Waals surface area contributed by atoms with Gasteiger partial charge in [0.25, 0.3) is 0 Å². The van der Waals surface area contributed by atoms with E-state index >= 15 is 0 Å². The van der Waals surface area contributed by atoms with E-state index in [2.05, 4.69) is 13.8 Å². The maximum absolute atomic E-state index is 12.7. The molecule has 0 saturated carbocycles. The Bertz CT molecular complexity index is 929. The zero-order valence-electron chi connectivity index (χ0n) is 36.6. The van der Waals surface area contributed by atoms with Crippen molar-refractivity contribution in [1.29, 1.82) is 0 Å². The molecule has 0 rings (SSSR count). The van der Waals surface area contributed by atoms with Crippen LogP contribution in [-0.4, -0.2) is 86.1 Å². The van der Waals surface area contributed by atoms with Crippen LogP contribution in [0, 0.1) is 0 Å². The van der Waals surface area contributed by atoms with Crippen LogP contribution in [0.2, 0.25) is 0 Å². The highest BCUT2D eigenvalue weighted by Gasteiger charge is 2.27. The maximum atomic E-state index is 12.7. The van der Waals surface area contributed by atoms with Gasteiger partial charge in [0.1, 0.15) is 19.8 Å². The molecule has 0 aliphatic carbocycles. The third-order valence-corrected chi connectivity index (χ3v) is 11.2. The summed E-state index contributed by atoms with van der Waals surface area (Å²) in [5.41, 5.74) is 0. The summed E-state index contributed by atoms with van der Waals surface area (Å²) in [5, 5.41) is 10.1. The fourth-order valence-electron chi connectivity index (χ4n) is 6.57. The number of carbonyl (C=O) groups is 2. The van der Waals surface area contributed by atoms with Gasteiger partial charge < -0.3 is 24.0 Å². The minimum absolute atomic E-state index is 0.0261. The van der Waals surface area contributed by atoms with Crippen LogP contribution in [-0.2, 0) is 32.7 Å². The van der Waals surface area contributed by atoms with Crippen molar-refractivity contribution >= 4 is 19.8 Å². The molecule has 0 aliphatic rings. The summed E-state index contributed by atoms with van der Waals surface area (Å²) < 4.78 is 34.3. The van der Waals surface area contributed by atoms with Crippen LogP contribution in [0.1, 0.15) is 213 Å². The summed E-state index contributed by atoms with van der Waals surface area (Å²) in [5.74, 6) is -0.820. The minimum atomic E-state index is -4.38. The fourth-order valence-corrected chi connectivity index (χ4v) is 7.31. The number of quaternary nitrogens is 1. The van der Waals surface area contributed by atoms with Crippen LogP contribution in [0.4, 0.5) is 0 Å². The zero-order valence-corrected chi connectivity index (χ0v) is 37.4. The molecule has 0 radical (unpaired) electrons. The molecule has 2 N–H and O–H groups in total. The SMILES string of the molecule is CCCCCCCCCCCCCCCCCC(=O)OCC(COP(=O)(O)OCC[N+](C)(C)C)OC(=O)CCCCCCCCCCC(O)CCCCCC. The maximum Gasteiger partial charge on any atom is 0.472 e. The molecule has 328 valence electrons. The number of carbonyl (C=O) groups excluding carboxylic acids is 2.